The second-order valence-electron chi connectivity index (χ2n) is 1.99. The fourth-order valence-corrected chi connectivity index (χ4v) is 1.26. The first-order valence-electron chi connectivity index (χ1n) is 2.66. The summed E-state index contributed by atoms with van der Waals surface area (Å²) in [5, 5.41) is -0.387. The predicted molar refractivity (Wildman–Crippen MR) is 29.4 cm³/mol. The Morgan fingerprint density at radius 2 is 1.91 bits per heavy atom. The largest absolute Gasteiger partial charge is 1.00 e. The van der Waals surface area contributed by atoms with Gasteiger partial charge in [0.05, 0.1) is 5.25 Å². The average molecular weight is 198 g/mol. The zero-order valence-corrected chi connectivity index (χ0v) is 8.67. The van der Waals surface area contributed by atoms with Crippen molar-refractivity contribution in [1.82, 2.24) is 0 Å². The third-order valence-corrected chi connectivity index (χ3v) is 2.34. The van der Waals surface area contributed by atoms with Crippen LogP contribution in [0.4, 0.5) is 13.2 Å². The molecule has 7 heteroatoms. The fraction of sp³-hybridized carbons (Fsp3) is 1.00. The SMILES string of the molecule is O=S(OC(F)(F)F)C1CC1.[H-].[Na+]. The van der Waals surface area contributed by atoms with Crippen molar-refractivity contribution in [3.8, 4) is 0 Å². The second-order valence-corrected chi connectivity index (χ2v) is 3.34. The number of halogens is 3. The van der Waals surface area contributed by atoms with Gasteiger partial charge < -0.3 is 1.43 Å². The molecule has 1 atom stereocenters. The summed E-state index contributed by atoms with van der Waals surface area (Å²) in [4.78, 5) is 0. The van der Waals surface area contributed by atoms with Gasteiger partial charge in [0.1, 0.15) is 0 Å². The van der Waals surface area contributed by atoms with Crippen molar-refractivity contribution >= 4 is 11.1 Å². The average Bonchev–Trinajstić information content (AvgIpc) is 2.35. The summed E-state index contributed by atoms with van der Waals surface area (Å²) in [6.45, 7) is 0. The molecule has 0 aromatic carbocycles. The summed E-state index contributed by atoms with van der Waals surface area (Å²) in [5.74, 6) is 0. The summed E-state index contributed by atoms with van der Waals surface area (Å²) >= 11 is -2.16. The molecule has 0 saturated heterocycles. The number of hydrogen-bond acceptors (Lipinski definition) is 2. The normalized spacial score (nSPS) is 20.6. The summed E-state index contributed by atoms with van der Waals surface area (Å²) in [6, 6.07) is 0. The van der Waals surface area contributed by atoms with Crippen LogP contribution in [-0.4, -0.2) is 15.8 Å². The summed E-state index contributed by atoms with van der Waals surface area (Å²) < 4.78 is 47.5. The van der Waals surface area contributed by atoms with Crippen molar-refractivity contribution in [3.05, 3.63) is 0 Å². The molecule has 0 radical (unpaired) electrons. The van der Waals surface area contributed by atoms with Crippen LogP contribution in [0.1, 0.15) is 14.3 Å². The van der Waals surface area contributed by atoms with E-state index in [0.717, 1.165) is 0 Å². The second kappa shape index (κ2) is 4.23. The van der Waals surface area contributed by atoms with Crippen molar-refractivity contribution in [3.63, 3.8) is 0 Å². The minimum atomic E-state index is -4.76. The molecule has 1 unspecified atom stereocenters. The minimum absolute atomic E-state index is 0. The van der Waals surface area contributed by atoms with Gasteiger partial charge in [0, 0.05) is 0 Å². The predicted octanol–water partition coefficient (Wildman–Crippen LogP) is -1.53. The van der Waals surface area contributed by atoms with E-state index >= 15 is 0 Å². The fourth-order valence-electron chi connectivity index (χ4n) is 0.422. The Labute approximate surface area is 87.9 Å². The van der Waals surface area contributed by atoms with Gasteiger partial charge in [-0.15, -0.1) is 13.2 Å². The molecular weight excluding hydrogens is 192 g/mol. The first kappa shape index (κ1) is 11.9. The van der Waals surface area contributed by atoms with E-state index in [4.69, 9.17) is 0 Å². The molecule has 1 rings (SSSR count). The number of hydrogen-bond donors (Lipinski definition) is 0. The van der Waals surface area contributed by atoms with Crippen LogP contribution in [0.2, 0.25) is 0 Å². The van der Waals surface area contributed by atoms with Crippen molar-refractivity contribution in [2.75, 3.05) is 0 Å². The molecule has 1 aliphatic rings. The van der Waals surface area contributed by atoms with Crippen LogP contribution in [0.15, 0.2) is 0 Å². The molecule has 0 amide bonds. The van der Waals surface area contributed by atoms with Gasteiger partial charge in [-0.2, -0.15) is 4.18 Å². The maximum absolute atomic E-state index is 11.3. The molecule has 0 heterocycles. The van der Waals surface area contributed by atoms with Crippen LogP contribution in [0, 0.1) is 0 Å². The molecule has 1 fully saturated rings. The molecule has 0 aromatic rings. The third-order valence-electron chi connectivity index (χ3n) is 0.973. The van der Waals surface area contributed by atoms with E-state index in [-0.39, 0.29) is 36.2 Å². The molecular formula is C4H6F3NaO2S. The quantitative estimate of drug-likeness (QED) is 0.503. The molecule has 2 nitrogen and oxygen atoms in total. The van der Waals surface area contributed by atoms with Crippen LogP contribution < -0.4 is 29.6 Å². The third kappa shape index (κ3) is 5.19. The Hall–Kier alpha value is 0.900. The topological polar surface area (TPSA) is 26.3 Å². The van der Waals surface area contributed by atoms with Crippen LogP contribution in [0.3, 0.4) is 0 Å². The molecule has 0 bridgehead atoms. The van der Waals surface area contributed by atoms with Crippen molar-refractivity contribution < 1.29 is 52.5 Å². The maximum Gasteiger partial charge on any atom is 1.00 e. The Balaban J connectivity index is 0. The van der Waals surface area contributed by atoms with E-state index < -0.39 is 17.4 Å². The van der Waals surface area contributed by atoms with Crippen molar-refractivity contribution in [2.45, 2.75) is 24.5 Å². The Bertz CT molecular complexity index is 161. The summed E-state index contributed by atoms with van der Waals surface area (Å²) in [5.41, 5.74) is 0. The van der Waals surface area contributed by atoms with Gasteiger partial charge in [0.25, 0.3) is 0 Å². The zero-order chi connectivity index (χ0) is 7.78. The minimum Gasteiger partial charge on any atom is -1.00 e. The van der Waals surface area contributed by atoms with Gasteiger partial charge in [0.2, 0.25) is 0 Å². The molecule has 0 aliphatic heterocycles. The summed E-state index contributed by atoms with van der Waals surface area (Å²) in [6.07, 6.45) is -3.61. The number of alkyl halides is 3. The molecule has 0 spiro atoms. The van der Waals surface area contributed by atoms with E-state index in [9.17, 15) is 17.4 Å². The molecule has 0 N–H and O–H groups in total. The molecule has 62 valence electrons. The van der Waals surface area contributed by atoms with Crippen LogP contribution in [0.25, 0.3) is 0 Å². The Kier molecular flexibility index (Phi) is 4.57. The van der Waals surface area contributed by atoms with Crippen LogP contribution in [0.5, 0.6) is 0 Å². The van der Waals surface area contributed by atoms with Gasteiger partial charge in [-0.25, -0.2) is 4.21 Å². The van der Waals surface area contributed by atoms with Gasteiger partial charge in [-0.05, 0) is 12.8 Å². The van der Waals surface area contributed by atoms with Gasteiger partial charge >= 0.3 is 35.9 Å². The Morgan fingerprint density at radius 1 is 1.45 bits per heavy atom. The van der Waals surface area contributed by atoms with Gasteiger partial charge in [-0.1, -0.05) is 0 Å². The van der Waals surface area contributed by atoms with E-state index in [2.05, 4.69) is 4.18 Å². The van der Waals surface area contributed by atoms with Crippen molar-refractivity contribution in [2.24, 2.45) is 0 Å². The smallest absolute Gasteiger partial charge is 1.00 e. The molecule has 11 heavy (non-hydrogen) atoms. The number of rotatable bonds is 2. The van der Waals surface area contributed by atoms with E-state index in [1.807, 2.05) is 0 Å². The van der Waals surface area contributed by atoms with Crippen LogP contribution in [-0.2, 0) is 15.3 Å². The maximum atomic E-state index is 11.3. The first-order valence-corrected chi connectivity index (χ1v) is 3.79. The first-order chi connectivity index (χ1) is 4.49. The standard InChI is InChI=1S/C4H5F3O2S.Na.H/c5-4(6,7)9-10(8)3-1-2-3;;/h3H,1-2H2;;/q;+1;-1. The molecule has 1 saturated carbocycles. The van der Waals surface area contributed by atoms with Gasteiger partial charge in [-0.3, -0.25) is 0 Å². The summed E-state index contributed by atoms with van der Waals surface area (Å²) in [7, 11) is 0. The van der Waals surface area contributed by atoms with E-state index in [0.29, 0.717) is 12.8 Å². The van der Waals surface area contributed by atoms with E-state index in [1.165, 1.54) is 0 Å². The zero-order valence-electron chi connectivity index (χ0n) is 6.85. The van der Waals surface area contributed by atoms with Crippen molar-refractivity contribution in [1.29, 1.82) is 0 Å². The monoisotopic (exact) mass is 198 g/mol. The van der Waals surface area contributed by atoms with Gasteiger partial charge in [0.15, 0.2) is 11.1 Å². The Morgan fingerprint density at radius 3 is 2.18 bits per heavy atom. The van der Waals surface area contributed by atoms with Crippen LogP contribution >= 0.6 is 0 Å². The molecule has 1 aliphatic carbocycles. The van der Waals surface area contributed by atoms with E-state index in [1.54, 1.807) is 0 Å². The molecule has 0 aromatic heterocycles.